The van der Waals surface area contributed by atoms with Crippen molar-refractivity contribution in [2.24, 2.45) is 5.92 Å². The Morgan fingerprint density at radius 3 is 2.33 bits per heavy atom. The van der Waals surface area contributed by atoms with Gasteiger partial charge in [0.25, 0.3) is 0 Å². The van der Waals surface area contributed by atoms with Crippen LogP contribution >= 0.6 is 0 Å². The van der Waals surface area contributed by atoms with E-state index in [0.717, 1.165) is 23.3 Å². The lowest BCUT2D eigenvalue weighted by Crippen LogP contribution is -2.28. The van der Waals surface area contributed by atoms with Crippen LogP contribution < -0.4 is 14.2 Å². The van der Waals surface area contributed by atoms with Gasteiger partial charge >= 0.3 is 5.97 Å². The van der Waals surface area contributed by atoms with Crippen molar-refractivity contribution >= 4 is 5.97 Å². The maximum Gasteiger partial charge on any atom is 0.308 e. The van der Waals surface area contributed by atoms with Crippen LogP contribution in [-0.4, -0.2) is 33.9 Å². The first kappa shape index (κ1) is 15.5. The van der Waals surface area contributed by atoms with Crippen molar-refractivity contribution in [1.82, 2.24) is 0 Å². The Kier molecular flexibility index (Phi) is 4.60. The molecule has 0 N–H and O–H groups in total. The number of cyclic esters (lactones) is 1. The third-order valence-corrected chi connectivity index (χ3v) is 3.99. The minimum absolute atomic E-state index is 0.103. The second-order valence-corrected chi connectivity index (χ2v) is 5.32. The van der Waals surface area contributed by atoms with Crippen LogP contribution in [0.15, 0.2) is 6.07 Å². The summed E-state index contributed by atoms with van der Waals surface area (Å²) in [5.41, 5.74) is 1.88. The Labute approximate surface area is 125 Å². The fraction of sp³-hybridized carbons (Fsp3) is 0.562. The quantitative estimate of drug-likeness (QED) is 0.799. The lowest BCUT2D eigenvalue weighted by atomic mass is 9.86. The van der Waals surface area contributed by atoms with Gasteiger partial charge in [-0.2, -0.15) is 0 Å². The first-order valence-electron chi connectivity index (χ1n) is 6.99. The largest absolute Gasteiger partial charge is 0.496 e. The third-order valence-electron chi connectivity index (χ3n) is 3.99. The Balaban J connectivity index is 2.47. The molecule has 0 bridgehead atoms. The Hall–Kier alpha value is -1.91. The second kappa shape index (κ2) is 6.24. The molecule has 5 nitrogen and oxygen atoms in total. The first-order chi connectivity index (χ1) is 10.0. The predicted molar refractivity (Wildman–Crippen MR) is 78.3 cm³/mol. The number of hydrogen-bond donors (Lipinski definition) is 0. The molecule has 5 heteroatoms. The smallest absolute Gasteiger partial charge is 0.308 e. The molecule has 0 unspecified atom stereocenters. The summed E-state index contributed by atoms with van der Waals surface area (Å²) in [6, 6.07) is 1.92. The number of carbonyl (C=O) groups is 1. The van der Waals surface area contributed by atoms with Crippen LogP contribution in [0.4, 0.5) is 0 Å². The Bertz CT molecular complexity index is 538. The van der Waals surface area contributed by atoms with E-state index in [1.165, 1.54) is 0 Å². The topological polar surface area (TPSA) is 54.0 Å². The van der Waals surface area contributed by atoms with E-state index in [0.29, 0.717) is 18.1 Å². The fourth-order valence-corrected chi connectivity index (χ4v) is 2.89. The van der Waals surface area contributed by atoms with Crippen molar-refractivity contribution < 1.29 is 23.7 Å². The van der Waals surface area contributed by atoms with Crippen LogP contribution in [0.2, 0.25) is 0 Å². The summed E-state index contributed by atoms with van der Waals surface area (Å²) in [6.45, 7) is 4.19. The van der Waals surface area contributed by atoms with Crippen LogP contribution in [0.1, 0.15) is 30.4 Å². The van der Waals surface area contributed by atoms with Gasteiger partial charge in [-0.1, -0.05) is 6.92 Å². The summed E-state index contributed by atoms with van der Waals surface area (Å²) in [5, 5.41) is 0. The number of rotatable bonds is 4. The van der Waals surface area contributed by atoms with Crippen LogP contribution in [0, 0.1) is 12.8 Å². The zero-order valence-electron chi connectivity index (χ0n) is 13.2. The molecular weight excluding hydrogens is 272 g/mol. The van der Waals surface area contributed by atoms with Gasteiger partial charge in [0.1, 0.15) is 5.75 Å². The average Bonchev–Trinajstić information content (AvgIpc) is 2.49. The molecule has 1 fully saturated rings. The van der Waals surface area contributed by atoms with Crippen LogP contribution in [0.5, 0.6) is 17.2 Å². The number of benzene rings is 1. The normalized spacial score (nSPS) is 21.7. The molecule has 1 aromatic carbocycles. The van der Waals surface area contributed by atoms with Crippen molar-refractivity contribution in [3.63, 3.8) is 0 Å². The molecular formula is C16H22O5. The van der Waals surface area contributed by atoms with Gasteiger partial charge in [-0.05, 0) is 19.4 Å². The van der Waals surface area contributed by atoms with Crippen molar-refractivity contribution in [1.29, 1.82) is 0 Å². The summed E-state index contributed by atoms with van der Waals surface area (Å²) in [5.74, 6) is 1.95. The summed E-state index contributed by atoms with van der Waals surface area (Å²) in [6.07, 6.45) is 0.740. The first-order valence-corrected chi connectivity index (χ1v) is 6.99. The lowest BCUT2D eigenvalue weighted by Gasteiger charge is -2.28. The summed E-state index contributed by atoms with van der Waals surface area (Å²) < 4.78 is 21.6. The Morgan fingerprint density at radius 2 is 1.81 bits per heavy atom. The maximum absolute atomic E-state index is 11.5. The number of methoxy groups -OCH3 is 3. The van der Waals surface area contributed by atoms with Gasteiger partial charge in [-0.3, -0.25) is 4.79 Å². The van der Waals surface area contributed by atoms with Gasteiger partial charge in [0.05, 0.1) is 33.9 Å². The SMILES string of the molecule is COc1cc([C@H]2COC(=O)[C@@H](C)C2)c(OC)c(C)c1OC. The highest BCUT2D eigenvalue weighted by molar-refractivity contribution is 5.73. The molecule has 0 spiro atoms. The van der Waals surface area contributed by atoms with E-state index in [1.54, 1.807) is 21.3 Å². The minimum atomic E-state index is -0.137. The van der Waals surface area contributed by atoms with E-state index < -0.39 is 0 Å². The van der Waals surface area contributed by atoms with Gasteiger partial charge in [0.2, 0.25) is 0 Å². The molecule has 0 saturated carbocycles. The predicted octanol–water partition coefficient (Wildman–Crippen LogP) is 2.69. The van der Waals surface area contributed by atoms with Crippen molar-refractivity contribution in [3.8, 4) is 17.2 Å². The molecule has 0 aliphatic carbocycles. The van der Waals surface area contributed by atoms with Crippen LogP contribution in [-0.2, 0) is 9.53 Å². The summed E-state index contributed by atoms with van der Waals surface area (Å²) in [4.78, 5) is 11.5. The lowest BCUT2D eigenvalue weighted by molar-refractivity contribution is -0.153. The molecule has 21 heavy (non-hydrogen) atoms. The molecule has 2 atom stereocenters. The zero-order chi connectivity index (χ0) is 15.6. The van der Waals surface area contributed by atoms with E-state index in [1.807, 2.05) is 19.9 Å². The molecule has 1 aromatic rings. The van der Waals surface area contributed by atoms with Crippen molar-refractivity contribution in [2.75, 3.05) is 27.9 Å². The molecule has 0 radical (unpaired) electrons. The highest BCUT2D eigenvalue weighted by Crippen LogP contribution is 2.44. The number of hydrogen-bond acceptors (Lipinski definition) is 5. The van der Waals surface area contributed by atoms with E-state index in [9.17, 15) is 4.79 Å². The summed E-state index contributed by atoms with van der Waals surface area (Å²) in [7, 11) is 4.85. The molecule has 2 rings (SSSR count). The van der Waals surface area contributed by atoms with Gasteiger partial charge in [-0.15, -0.1) is 0 Å². The second-order valence-electron chi connectivity index (χ2n) is 5.32. The summed E-state index contributed by atoms with van der Waals surface area (Å²) >= 11 is 0. The van der Waals surface area contributed by atoms with Crippen LogP contribution in [0.25, 0.3) is 0 Å². The molecule has 1 heterocycles. The zero-order valence-corrected chi connectivity index (χ0v) is 13.2. The average molecular weight is 294 g/mol. The molecule has 1 saturated heterocycles. The van der Waals surface area contributed by atoms with Gasteiger partial charge < -0.3 is 18.9 Å². The number of esters is 1. The van der Waals surface area contributed by atoms with Gasteiger partial charge in [-0.25, -0.2) is 0 Å². The number of ether oxygens (including phenoxy) is 4. The highest BCUT2D eigenvalue weighted by atomic mass is 16.5. The van der Waals surface area contributed by atoms with E-state index >= 15 is 0 Å². The highest BCUT2D eigenvalue weighted by Gasteiger charge is 2.31. The molecule has 0 aromatic heterocycles. The fourth-order valence-electron chi connectivity index (χ4n) is 2.89. The van der Waals surface area contributed by atoms with E-state index in [-0.39, 0.29) is 17.8 Å². The molecule has 1 aliphatic heterocycles. The van der Waals surface area contributed by atoms with E-state index in [2.05, 4.69) is 0 Å². The molecule has 1 aliphatic rings. The van der Waals surface area contributed by atoms with Crippen molar-refractivity contribution in [3.05, 3.63) is 17.2 Å². The number of carbonyl (C=O) groups excluding carboxylic acids is 1. The van der Waals surface area contributed by atoms with Crippen molar-refractivity contribution in [2.45, 2.75) is 26.2 Å². The molecule has 116 valence electrons. The Morgan fingerprint density at radius 1 is 1.14 bits per heavy atom. The van der Waals surface area contributed by atoms with Crippen LogP contribution in [0.3, 0.4) is 0 Å². The maximum atomic E-state index is 11.5. The van der Waals surface area contributed by atoms with E-state index in [4.69, 9.17) is 18.9 Å². The monoisotopic (exact) mass is 294 g/mol. The van der Waals surface area contributed by atoms with Gasteiger partial charge in [0, 0.05) is 17.0 Å². The van der Waals surface area contributed by atoms with Gasteiger partial charge in [0.15, 0.2) is 11.5 Å². The minimum Gasteiger partial charge on any atom is -0.496 e. The third kappa shape index (κ3) is 2.77. The molecule has 0 amide bonds. The standard InChI is InChI=1S/C16H22O5/c1-9-6-11(8-21-16(9)17)12-7-13(18-3)15(20-5)10(2)14(12)19-4/h7,9,11H,6,8H2,1-5H3/t9-,11+/m0/s1.